The van der Waals surface area contributed by atoms with Crippen molar-refractivity contribution in [2.24, 2.45) is 0 Å². The standard InChI is InChI=1S/C19H21F3N2O2/c1-12-6-5-11-23-15(12)16(24-17(25)26-18(2,3)4)13-7-9-14(10-8-13)19(20,21)22/h5-11,16H,1-4H3,(H,24,25)/t16-/m0/s1. The minimum absolute atomic E-state index is 0.477. The molecule has 7 heteroatoms. The van der Waals surface area contributed by atoms with Gasteiger partial charge in [-0.3, -0.25) is 4.98 Å². The monoisotopic (exact) mass is 366 g/mol. The molecule has 0 aliphatic rings. The van der Waals surface area contributed by atoms with E-state index < -0.39 is 29.5 Å². The van der Waals surface area contributed by atoms with E-state index in [9.17, 15) is 18.0 Å². The van der Waals surface area contributed by atoms with E-state index in [-0.39, 0.29) is 0 Å². The highest BCUT2D eigenvalue weighted by molar-refractivity contribution is 5.69. The van der Waals surface area contributed by atoms with Crippen molar-refractivity contribution in [1.82, 2.24) is 10.3 Å². The van der Waals surface area contributed by atoms with Crippen molar-refractivity contribution in [3.8, 4) is 0 Å². The Bertz CT molecular complexity index is 766. The number of aryl methyl sites for hydroxylation is 1. The molecule has 2 rings (SSSR count). The first kappa shape index (κ1) is 19.8. The van der Waals surface area contributed by atoms with Crippen molar-refractivity contribution in [2.75, 3.05) is 0 Å². The number of pyridine rings is 1. The Morgan fingerprint density at radius 1 is 1.12 bits per heavy atom. The van der Waals surface area contributed by atoms with Crippen LogP contribution < -0.4 is 5.32 Å². The third kappa shape index (κ3) is 5.21. The van der Waals surface area contributed by atoms with Gasteiger partial charge in [0.25, 0.3) is 0 Å². The number of ether oxygens (including phenoxy) is 1. The fourth-order valence-corrected chi connectivity index (χ4v) is 2.40. The van der Waals surface area contributed by atoms with Gasteiger partial charge in [0.05, 0.1) is 11.3 Å². The molecule has 0 unspecified atom stereocenters. The predicted molar refractivity (Wildman–Crippen MR) is 91.6 cm³/mol. The lowest BCUT2D eigenvalue weighted by atomic mass is 9.99. The van der Waals surface area contributed by atoms with Crippen LogP contribution in [0.1, 0.15) is 49.2 Å². The van der Waals surface area contributed by atoms with Crippen LogP contribution in [0.4, 0.5) is 18.0 Å². The molecule has 1 aromatic heterocycles. The van der Waals surface area contributed by atoms with Gasteiger partial charge in [0.2, 0.25) is 0 Å². The first-order valence-electron chi connectivity index (χ1n) is 8.05. The van der Waals surface area contributed by atoms with Gasteiger partial charge < -0.3 is 10.1 Å². The largest absolute Gasteiger partial charge is 0.444 e. The van der Waals surface area contributed by atoms with Gasteiger partial charge in [-0.2, -0.15) is 13.2 Å². The van der Waals surface area contributed by atoms with Gasteiger partial charge in [-0.25, -0.2) is 4.79 Å². The van der Waals surface area contributed by atoms with E-state index in [1.54, 1.807) is 33.0 Å². The molecule has 0 spiro atoms. The zero-order chi connectivity index (χ0) is 19.5. The number of nitrogens with one attached hydrogen (secondary N) is 1. The highest BCUT2D eigenvalue weighted by Gasteiger charge is 2.31. The summed E-state index contributed by atoms with van der Waals surface area (Å²) in [5, 5.41) is 2.70. The Kier molecular flexibility index (Phi) is 5.59. The van der Waals surface area contributed by atoms with Crippen LogP contribution in [0.3, 0.4) is 0 Å². The number of hydrogen-bond donors (Lipinski definition) is 1. The summed E-state index contributed by atoms with van der Waals surface area (Å²) in [6.07, 6.45) is -3.53. The van der Waals surface area contributed by atoms with Crippen LogP contribution >= 0.6 is 0 Å². The van der Waals surface area contributed by atoms with Crippen LogP contribution in [0.2, 0.25) is 0 Å². The molecular formula is C19H21F3N2O2. The molecule has 1 atom stereocenters. The average Bonchev–Trinajstić information content (AvgIpc) is 2.51. The summed E-state index contributed by atoms with van der Waals surface area (Å²) in [7, 11) is 0. The molecule has 2 aromatic rings. The third-order valence-electron chi connectivity index (χ3n) is 3.56. The number of alkyl carbamates (subject to hydrolysis) is 1. The Labute approximate surface area is 150 Å². The van der Waals surface area contributed by atoms with Gasteiger partial charge >= 0.3 is 12.3 Å². The lowest BCUT2D eigenvalue weighted by molar-refractivity contribution is -0.137. The fourth-order valence-electron chi connectivity index (χ4n) is 2.40. The zero-order valence-electron chi connectivity index (χ0n) is 15.0. The van der Waals surface area contributed by atoms with E-state index in [0.717, 1.165) is 17.7 Å². The highest BCUT2D eigenvalue weighted by Crippen LogP contribution is 2.31. The molecule has 0 radical (unpaired) electrons. The van der Waals surface area contributed by atoms with Crippen molar-refractivity contribution in [3.63, 3.8) is 0 Å². The van der Waals surface area contributed by atoms with Gasteiger partial charge in [0.1, 0.15) is 11.6 Å². The second kappa shape index (κ2) is 7.35. The summed E-state index contributed by atoms with van der Waals surface area (Å²) < 4.78 is 43.7. The quantitative estimate of drug-likeness (QED) is 0.830. The number of alkyl halides is 3. The number of amides is 1. The summed E-state index contributed by atoms with van der Waals surface area (Å²) in [5.74, 6) is 0. The molecule has 26 heavy (non-hydrogen) atoms. The molecule has 0 bridgehead atoms. The number of carbonyl (C=O) groups excluding carboxylic acids is 1. The number of benzene rings is 1. The fraction of sp³-hybridized carbons (Fsp3) is 0.368. The zero-order valence-corrected chi connectivity index (χ0v) is 15.0. The van der Waals surface area contributed by atoms with Gasteiger partial charge in [-0.1, -0.05) is 18.2 Å². The summed E-state index contributed by atoms with van der Waals surface area (Å²) in [6.45, 7) is 7.00. The summed E-state index contributed by atoms with van der Waals surface area (Å²) in [4.78, 5) is 16.5. The third-order valence-corrected chi connectivity index (χ3v) is 3.56. The molecule has 1 aromatic carbocycles. The molecule has 1 heterocycles. The number of nitrogens with zero attached hydrogens (tertiary/aromatic N) is 1. The Morgan fingerprint density at radius 3 is 2.23 bits per heavy atom. The predicted octanol–water partition coefficient (Wildman–Crippen LogP) is 5.02. The van der Waals surface area contributed by atoms with Crippen molar-refractivity contribution in [1.29, 1.82) is 0 Å². The number of rotatable bonds is 3. The second-order valence-corrected chi connectivity index (χ2v) is 6.90. The molecule has 1 N–H and O–H groups in total. The van der Waals surface area contributed by atoms with Crippen molar-refractivity contribution in [2.45, 2.75) is 45.5 Å². The van der Waals surface area contributed by atoms with E-state index in [2.05, 4.69) is 10.3 Å². The molecule has 0 fully saturated rings. The van der Waals surface area contributed by atoms with Crippen LogP contribution in [-0.2, 0) is 10.9 Å². The SMILES string of the molecule is Cc1cccnc1[C@@H](NC(=O)OC(C)(C)C)c1ccc(C(F)(F)F)cc1. The summed E-state index contributed by atoms with van der Waals surface area (Å²) in [5.41, 5.74) is 0.362. The lowest BCUT2D eigenvalue weighted by Crippen LogP contribution is -2.36. The van der Waals surface area contributed by atoms with Crippen LogP contribution in [0, 0.1) is 6.92 Å². The number of carbonyl (C=O) groups is 1. The van der Waals surface area contributed by atoms with Crippen molar-refractivity contribution >= 4 is 6.09 Å². The molecule has 1 amide bonds. The Hall–Kier alpha value is -2.57. The topological polar surface area (TPSA) is 51.2 Å². The van der Waals surface area contributed by atoms with Gasteiger partial charge in [-0.05, 0) is 57.0 Å². The van der Waals surface area contributed by atoms with Gasteiger partial charge in [0, 0.05) is 6.20 Å². The number of hydrogen-bond acceptors (Lipinski definition) is 3. The first-order chi connectivity index (χ1) is 12.0. The van der Waals surface area contributed by atoms with Crippen LogP contribution in [-0.4, -0.2) is 16.7 Å². The van der Waals surface area contributed by atoms with E-state index in [1.807, 2.05) is 13.0 Å². The molecule has 4 nitrogen and oxygen atoms in total. The lowest BCUT2D eigenvalue weighted by Gasteiger charge is -2.24. The van der Waals surface area contributed by atoms with Crippen LogP contribution in [0.5, 0.6) is 0 Å². The molecule has 0 saturated heterocycles. The maximum Gasteiger partial charge on any atom is 0.416 e. The Balaban J connectivity index is 2.38. The highest BCUT2D eigenvalue weighted by atomic mass is 19.4. The average molecular weight is 366 g/mol. The maximum absolute atomic E-state index is 12.8. The van der Waals surface area contributed by atoms with E-state index >= 15 is 0 Å². The van der Waals surface area contributed by atoms with Crippen molar-refractivity contribution < 1.29 is 22.7 Å². The smallest absolute Gasteiger partial charge is 0.416 e. The number of aromatic nitrogens is 1. The summed E-state index contributed by atoms with van der Waals surface area (Å²) in [6, 6.07) is 7.47. The number of halogens is 3. The normalized spacial score (nSPS) is 13.2. The summed E-state index contributed by atoms with van der Waals surface area (Å²) >= 11 is 0. The molecule has 0 saturated carbocycles. The van der Waals surface area contributed by atoms with Crippen LogP contribution in [0.25, 0.3) is 0 Å². The van der Waals surface area contributed by atoms with E-state index in [4.69, 9.17) is 4.74 Å². The molecule has 140 valence electrons. The molecular weight excluding hydrogens is 345 g/mol. The van der Waals surface area contributed by atoms with Gasteiger partial charge in [0.15, 0.2) is 0 Å². The maximum atomic E-state index is 12.8. The molecule has 0 aliphatic carbocycles. The van der Waals surface area contributed by atoms with Crippen molar-refractivity contribution in [3.05, 3.63) is 65.0 Å². The van der Waals surface area contributed by atoms with Gasteiger partial charge in [-0.15, -0.1) is 0 Å². The minimum atomic E-state index is -4.42. The van der Waals surface area contributed by atoms with Crippen LogP contribution in [0.15, 0.2) is 42.6 Å². The van der Waals surface area contributed by atoms with E-state index in [0.29, 0.717) is 11.3 Å². The molecule has 0 aliphatic heterocycles. The first-order valence-corrected chi connectivity index (χ1v) is 8.05. The minimum Gasteiger partial charge on any atom is -0.444 e. The second-order valence-electron chi connectivity index (χ2n) is 6.90. The van der Waals surface area contributed by atoms with E-state index in [1.165, 1.54) is 12.1 Å². The Morgan fingerprint density at radius 2 is 1.73 bits per heavy atom.